The molecule has 0 atom stereocenters. The maximum atomic E-state index is 11.9. The Morgan fingerprint density at radius 3 is 2.78 bits per heavy atom. The highest BCUT2D eigenvalue weighted by molar-refractivity contribution is 7.92. The number of aromatic nitrogens is 3. The van der Waals surface area contributed by atoms with E-state index >= 15 is 0 Å². The molecule has 2 aromatic heterocycles. The number of benzene rings is 1. The zero-order valence-electron chi connectivity index (χ0n) is 14.6. The number of sulfonamides is 1. The Morgan fingerprint density at radius 2 is 2.11 bits per heavy atom. The fraction of sp³-hybridized carbons (Fsp3) is 0.188. The van der Waals surface area contributed by atoms with Crippen molar-refractivity contribution < 1.29 is 18.3 Å². The molecule has 1 amide bonds. The second-order valence-corrected chi connectivity index (χ2v) is 7.93. The van der Waals surface area contributed by atoms with E-state index in [0.29, 0.717) is 28.0 Å². The van der Waals surface area contributed by atoms with Gasteiger partial charge in [-0.05, 0) is 29.8 Å². The van der Waals surface area contributed by atoms with Crippen LogP contribution in [0.25, 0.3) is 10.9 Å². The van der Waals surface area contributed by atoms with Gasteiger partial charge in [-0.15, -0.1) is 0 Å². The summed E-state index contributed by atoms with van der Waals surface area (Å²) in [6, 6.07) is 6.01. The second kappa shape index (κ2) is 6.76. The Morgan fingerprint density at radius 1 is 1.37 bits per heavy atom. The van der Waals surface area contributed by atoms with Gasteiger partial charge in [-0.3, -0.25) is 14.2 Å². The third-order valence-electron chi connectivity index (χ3n) is 4.06. The summed E-state index contributed by atoms with van der Waals surface area (Å²) < 4.78 is 24.9. The molecule has 0 unspecified atom stereocenters. The van der Waals surface area contributed by atoms with Gasteiger partial charge >= 0.3 is 0 Å². The van der Waals surface area contributed by atoms with Crippen LogP contribution in [-0.4, -0.2) is 47.9 Å². The number of pyridine rings is 1. The van der Waals surface area contributed by atoms with Crippen LogP contribution < -0.4 is 15.4 Å². The number of nitrogens with zero attached hydrogens (tertiary/aromatic N) is 3. The minimum atomic E-state index is -3.49. The number of phenolic OH excluding ortho intramolecular Hbond substituents is 1. The molecule has 27 heavy (non-hydrogen) atoms. The topological polar surface area (TPSA) is 154 Å². The normalized spacial score (nSPS) is 11.5. The molecular formula is C16H18N6O4S. The number of amides is 1. The summed E-state index contributed by atoms with van der Waals surface area (Å²) in [6.45, 7) is 0.138. The lowest BCUT2D eigenvalue weighted by atomic mass is 10.1. The molecule has 0 saturated heterocycles. The third-order valence-corrected chi connectivity index (χ3v) is 5.25. The number of nitrogens with two attached hydrogens (primary N) is 1. The number of H-pyrrole nitrogens is 1. The molecule has 142 valence electrons. The first-order valence-electron chi connectivity index (χ1n) is 7.81. The van der Waals surface area contributed by atoms with Gasteiger partial charge in [-0.25, -0.2) is 13.4 Å². The van der Waals surface area contributed by atoms with Gasteiger partial charge in [0, 0.05) is 19.8 Å². The van der Waals surface area contributed by atoms with Crippen LogP contribution in [0.4, 0.5) is 11.5 Å². The summed E-state index contributed by atoms with van der Waals surface area (Å²) in [5.41, 5.74) is 6.89. The Kier molecular flexibility index (Phi) is 4.62. The number of aromatic amines is 1. The first kappa shape index (κ1) is 18.5. The smallest absolute Gasteiger partial charge is 0.269 e. The average molecular weight is 390 g/mol. The minimum absolute atomic E-state index is 0.00949. The molecule has 5 N–H and O–H groups in total. The second-order valence-electron chi connectivity index (χ2n) is 5.92. The zero-order valence-corrected chi connectivity index (χ0v) is 15.4. The minimum Gasteiger partial charge on any atom is -0.508 e. The van der Waals surface area contributed by atoms with E-state index in [-0.39, 0.29) is 18.0 Å². The van der Waals surface area contributed by atoms with Crippen molar-refractivity contribution in [2.75, 3.05) is 22.9 Å². The van der Waals surface area contributed by atoms with Gasteiger partial charge in [-0.1, -0.05) is 0 Å². The Balaban J connectivity index is 1.99. The summed E-state index contributed by atoms with van der Waals surface area (Å²) in [6.07, 6.45) is 2.61. The Labute approximate surface area is 155 Å². The summed E-state index contributed by atoms with van der Waals surface area (Å²) in [7, 11) is -2.06. The summed E-state index contributed by atoms with van der Waals surface area (Å²) in [4.78, 5) is 15.8. The van der Waals surface area contributed by atoms with Gasteiger partial charge in [0.05, 0.1) is 22.8 Å². The van der Waals surface area contributed by atoms with Gasteiger partial charge in [0.15, 0.2) is 5.69 Å². The standard InChI is InChI=1S/C16H18N6O4S/c1-22(27(2,25)26)12-4-3-10(23)7-9(12)8-19-16-13-11(5-6-18-16)20-21-14(13)15(17)24/h3-7,23H,8H2,1-2H3,(H2,17,24)(H,18,19)(H,20,21). The molecule has 0 bridgehead atoms. The molecule has 2 heterocycles. The van der Waals surface area contributed by atoms with Crippen molar-refractivity contribution in [3.63, 3.8) is 0 Å². The molecule has 0 fully saturated rings. The number of hydrogen-bond acceptors (Lipinski definition) is 7. The lowest BCUT2D eigenvalue weighted by molar-refractivity contribution is 0.0997. The van der Waals surface area contributed by atoms with E-state index in [9.17, 15) is 18.3 Å². The molecule has 0 aliphatic rings. The zero-order chi connectivity index (χ0) is 19.8. The van der Waals surface area contributed by atoms with Gasteiger partial charge in [-0.2, -0.15) is 5.10 Å². The fourth-order valence-corrected chi connectivity index (χ4v) is 3.19. The monoisotopic (exact) mass is 390 g/mol. The number of phenols is 1. The SMILES string of the molecule is CN(c1ccc(O)cc1CNc1nccc2[nH]nc(C(N)=O)c12)S(C)(=O)=O. The van der Waals surface area contributed by atoms with E-state index in [1.54, 1.807) is 6.07 Å². The molecule has 1 aromatic carbocycles. The van der Waals surface area contributed by atoms with Crippen molar-refractivity contribution >= 4 is 38.3 Å². The summed E-state index contributed by atoms with van der Waals surface area (Å²) in [5.74, 6) is -0.358. The molecule has 0 radical (unpaired) electrons. The molecule has 0 aliphatic heterocycles. The maximum absolute atomic E-state index is 11.9. The molecule has 0 aliphatic carbocycles. The van der Waals surface area contributed by atoms with E-state index in [4.69, 9.17) is 5.73 Å². The number of carbonyl (C=O) groups is 1. The molecule has 0 spiro atoms. The highest BCUT2D eigenvalue weighted by atomic mass is 32.2. The van der Waals surface area contributed by atoms with Crippen LogP contribution in [0.1, 0.15) is 16.1 Å². The lowest BCUT2D eigenvalue weighted by Gasteiger charge is -2.21. The van der Waals surface area contributed by atoms with Crippen molar-refractivity contribution in [1.82, 2.24) is 15.2 Å². The number of anilines is 2. The quantitative estimate of drug-likeness (QED) is 0.484. The van der Waals surface area contributed by atoms with Crippen LogP contribution in [0.3, 0.4) is 0 Å². The number of primary amides is 1. The van der Waals surface area contributed by atoms with Crippen molar-refractivity contribution in [3.8, 4) is 5.75 Å². The first-order valence-corrected chi connectivity index (χ1v) is 9.66. The Hall–Kier alpha value is -3.34. The van der Waals surface area contributed by atoms with Crippen LogP contribution in [0.2, 0.25) is 0 Å². The largest absolute Gasteiger partial charge is 0.508 e. The highest BCUT2D eigenvalue weighted by Gasteiger charge is 2.18. The number of nitrogens with one attached hydrogen (secondary N) is 2. The number of aromatic hydroxyl groups is 1. The Bertz CT molecular complexity index is 1130. The van der Waals surface area contributed by atoms with Crippen molar-refractivity contribution in [2.24, 2.45) is 5.73 Å². The van der Waals surface area contributed by atoms with Crippen LogP contribution in [0.5, 0.6) is 5.75 Å². The van der Waals surface area contributed by atoms with E-state index in [1.807, 2.05) is 0 Å². The van der Waals surface area contributed by atoms with Gasteiger partial charge < -0.3 is 16.2 Å². The molecule has 3 aromatic rings. The van der Waals surface area contributed by atoms with Crippen molar-refractivity contribution in [2.45, 2.75) is 6.54 Å². The molecular weight excluding hydrogens is 372 g/mol. The van der Waals surface area contributed by atoms with Gasteiger partial charge in [0.2, 0.25) is 10.0 Å². The number of carbonyl (C=O) groups excluding carboxylic acids is 1. The molecule has 3 rings (SSSR count). The maximum Gasteiger partial charge on any atom is 0.269 e. The lowest BCUT2D eigenvalue weighted by Crippen LogP contribution is -2.26. The van der Waals surface area contributed by atoms with Gasteiger partial charge in [0.25, 0.3) is 5.91 Å². The predicted molar refractivity (Wildman–Crippen MR) is 101 cm³/mol. The number of fused-ring (bicyclic) bond motifs is 1. The fourth-order valence-electron chi connectivity index (χ4n) is 2.66. The van der Waals surface area contributed by atoms with E-state index < -0.39 is 15.9 Å². The number of rotatable bonds is 6. The molecule has 11 heteroatoms. The van der Waals surface area contributed by atoms with Crippen LogP contribution in [0.15, 0.2) is 30.5 Å². The van der Waals surface area contributed by atoms with E-state index in [2.05, 4.69) is 20.5 Å². The van der Waals surface area contributed by atoms with E-state index in [1.165, 1.54) is 31.4 Å². The first-order chi connectivity index (χ1) is 12.7. The molecule has 10 nitrogen and oxygen atoms in total. The number of hydrogen-bond donors (Lipinski definition) is 4. The summed E-state index contributed by atoms with van der Waals surface area (Å²) >= 11 is 0. The highest BCUT2D eigenvalue weighted by Crippen LogP contribution is 2.28. The van der Waals surface area contributed by atoms with Crippen molar-refractivity contribution in [3.05, 3.63) is 41.7 Å². The predicted octanol–water partition coefficient (Wildman–Crippen LogP) is 0.770. The third kappa shape index (κ3) is 3.62. The van der Waals surface area contributed by atoms with Crippen LogP contribution in [0, 0.1) is 0 Å². The van der Waals surface area contributed by atoms with Gasteiger partial charge in [0.1, 0.15) is 11.6 Å². The van der Waals surface area contributed by atoms with E-state index in [0.717, 1.165) is 10.6 Å². The average Bonchev–Trinajstić information content (AvgIpc) is 3.03. The van der Waals surface area contributed by atoms with Crippen molar-refractivity contribution in [1.29, 1.82) is 0 Å². The van der Waals surface area contributed by atoms with Crippen LogP contribution in [-0.2, 0) is 16.6 Å². The van der Waals surface area contributed by atoms with Crippen LogP contribution >= 0.6 is 0 Å². The summed E-state index contributed by atoms with van der Waals surface area (Å²) in [5, 5.41) is 19.9. The molecule has 0 saturated carbocycles.